The summed E-state index contributed by atoms with van der Waals surface area (Å²) in [6.07, 6.45) is 7.14. The van der Waals surface area contributed by atoms with Crippen molar-refractivity contribution in [3.05, 3.63) is 17.8 Å². The van der Waals surface area contributed by atoms with Gasteiger partial charge in [0, 0.05) is 6.54 Å². The highest BCUT2D eigenvalue weighted by atomic mass is 19.1. The van der Waals surface area contributed by atoms with Gasteiger partial charge in [-0.05, 0) is 25.2 Å². The van der Waals surface area contributed by atoms with Crippen molar-refractivity contribution >= 4 is 5.82 Å². The van der Waals surface area contributed by atoms with Gasteiger partial charge in [-0.15, -0.1) is 0 Å². The number of aryl methyl sites for hydroxylation is 1. The number of hydrogen-bond donors (Lipinski definition) is 1. The van der Waals surface area contributed by atoms with E-state index in [2.05, 4.69) is 15.3 Å². The molecule has 1 aliphatic carbocycles. The largest absolute Gasteiger partial charge is 0.367 e. The fourth-order valence-electron chi connectivity index (χ4n) is 2.23. The van der Waals surface area contributed by atoms with Crippen molar-refractivity contribution in [3.8, 4) is 0 Å². The Morgan fingerprint density at radius 2 is 2.12 bits per heavy atom. The third-order valence-electron chi connectivity index (χ3n) is 3.23. The highest BCUT2D eigenvalue weighted by molar-refractivity contribution is 5.37. The van der Waals surface area contributed by atoms with Crippen LogP contribution < -0.4 is 5.32 Å². The van der Waals surface area contributed by atoms with E-state index in [1.807, 2.05) is 6.92 Å². The average Bonchev–Trinajstić information content (AvgIpc) is 2.81. The molecule has 3 nitrogen and oxygen atoms in total. The van der Waals surface area contributed by atoms with E-state index in [1.165, 1.54) is 32.0 Å². The number of halogens is 1. The molecule has 1 fully saturated rings. The third kappa shape index (κ3) is 2.49. The molecule has 0 atom stereocenters. The zero-order valence-electron chi connectivity index (χ0n) is 9.67. The molecule has 1 aromatic heterocycles. The summed E-state index contributed by atoms with van der Waals surface area (Å²) < 4.78 is 13.8. The van der Waals surface area contributed by atoms with Crippen molar-refractivity contribution < 1.29 is 4.39 Å². The van der Waals surface area contributed by atoms with Crippen LogP contribution in [0.5, 0.6) is 0 Å². The van der Waals surface area contributed by atoms with E-state index in [0.717, 1.165) is 6.54 Å². The number of anilines is 1. The lowest BCUT2D eigenvalue weighted by Crippen LogP contribution is -2.14. The van der Waals surface area contributed by atoms with Gasteiger partial charge in [-0.25, -0.2) is 14.4 Å². The molecule has 0 spiro atoms. The Labute approximate surface area is 95.5 Å². The molecule has 1 saturated carbocycles. The molecule has 1 N–H and O–H groups in total. The predicted molar refractivity (Wildman–Crippen MR) is 61.8 cm³/mol. The third-order valence-corrected chi connectivity index (χ3v) is 3.23. The van der Waals surface area contributed by atoms with Crippen LogP contribution in [0, 0.1) is 11.7 Å². The van der Waals surface area contributed by atoms with E-state index in [-0.39, 0.29) is 5.82 Å². The van der Waals surface area contributed by atoms with Gasteiger partial charge in [-0.1, -0.05) is 19.8 Å². The van der Waals surface area contributed by atoms with Gasteiger partial charge < -0.3 is 5.32 Å². The van der Waals surface area contributed by atoms with Crippen molar-refractivity contribution in [2.75, 3.05) is 11.9 Å². The minimum atomic E-state index is -0.289. The van der Waals surface area contributed by atoms with Crippen LogP contribution in [-0.2, 0) is 6.42 Å². The first-order valence-electron chi connectivity index (χ1n) is 6.04. The Morgan fingerprint density at radius 1 is 1.38 bits per heavy atom. The highest BCUT2D eigenvalue weighted by Gasteiger charge is 2.16. The molecular formula is C12H18FN3. The van der Waals surface area contributed by atoms with Crippen LogP contribution in [0.15, 0.2) is 6.33 Å². The Balaban J connectivity index is 1.97. The molecule has 0 bridgehead atoms. The summed E-state index contributed by atoms with van der Waals surface area (Å²) in [4.78, 5) is 7.86. The molecule has 0 aromatic carbocycles. The molecule has 0 unspecified atom stereocenters. The predicted octanol–water partition coefficient (Wildman–Crippen LogP) is 2.78. The minimum Gasteiger partial charge on any atom is -0.367 e. The first-order chi connectivity index (χ1) is 7.81. The summed E-state index contributed by atoms with van der Waals surface area (Å²) in [5.41, 5.74) is 0.490. The summed E-state index contributed by atoms with van der Waals surface area (Å²) in [6.45, 7) is 2.73. The fourth-order valence-corrected chi connectivity index (χ4v) is 2.23. The first kappa shape index (κ1) is 11.3. The summed E-state index contributed by atoms with van der Waals surface area (Å²) in [6, 6.07) is 0. The molecule has 4 heteroatoms. The van der Waals surface area contributed by atoms with Gasteiger partial charge in [0.15, 0.2) is 11.6 Å². The van der Waals surface area contributed by atoms with Gasteiger partial charge in [0.2, 0.25) is 0 Å². The molecule has 2 rings (SSSR count). The smallest absolute Gasteiger partial charge is 0.186 e. The molecule has 1 aliphatic rings. The van der Waals surface area contributed by atoms with Crippen LogP contribution in [0.1, 0.15) is 38.3 Å². The van der Waals surface area contributed by atoms with E-state index in [1.54, 1.807) is 0 Å². The quantitative estimate of drug-likeness (QED) is 0.853. The van der Waals surface area contributed by atoms with E-state index in [9.17, 15) is 4.39 Å². The summed E-state index contributed by atoms with van der Waals surface area (Å²) in [5.74, 6) is 0.751. The van der Waals surface area contributed by atoms with E-state index in [4.69, 9.17) is 0 Å². The monoisotopic (exact) mass is 223 g/mol. The maximum Gasteiger partial charge on any atom is 0.186 e. The van der Waals surface area contributed by atoms with Gasteiger partial charge in [0.05, 0.1) is 5.69 Å². The molecule has 88 valence electrons. The van der Waals surface area contributed by atoms with Crippen LogP contribution in [0.3, 0.4) is 0 Å². The molecule has 0 aliphatic heterocycles. The van der Waals surface area contributed by atoms with Crippen molar-refractivity contribution in [1.29, 1.82) is 0 Å². The normalized spacial score (nSPS) is 16.6. The van der Waals surface area contributed by atoms with Crippen LogP contribution >= 0.6 is 0 Å². The summed E-state index contributed by atoms with van der Waals surface area (Å²) in [7, 11) is 0. The molecular weight excluding hydrogens is 205 g/mol. The lowest BCUT2D eigenvalue weighted by Gasteiger charge is -2.12. The lowest BCUT2D eigenvalue weighted by atomic mass is 10.1. The summed E-state index contributed by atoms with van der Waals surface area (Å²) >= 11 is 0. The van der Waals surface area contributed by atoms with Crippen molar-refractivity contribution in [1.82, 2.24) is 9.97 Å². The number of nitrogens with one attached hydrogen (secondary N) is 1. The molecule has 1 aromatic rings. The molecule has 1 heterocycles. The van der Waals surface area contributed by atoms with Crippen LogP contribution in [0.2, 0.25) is 0 Å². The molecule has 0 radical (unpaired) electrons. The zero-order chi connectivity index (χ0) is 11.4. The SMILES string of the molecule is CCc1ncnc(NCC2CCCC2)c1F. The van der Waals surface area contributed by atoms with Gasteiger partial charge >= 0.3 is 0 Å². The Bertz CT molecular complexity index is 348. The number of rotatable bonds is 4. The Morgan fingerprint density at radius 3 is 2.81 bits per heavy atom. The molecule has 0 amide bonds. The average molecular weight is 223 g/mol. The molecule has 16 heavy (non-hydrogen) atoms. The van der Waals surface area contributed by atoms with Crippen molar-refractivity contribution in [2.24, 2.45) is 5.92 Å². The Hall–Kier alpha value is -1.19. The molecule has 0 saturated heterocycles. The van der Waals surface area contributed by atoms with Crippen LogP contribution in [-0.4, -0.2) is 16.5 Å². The minimum absolute atomic E-state index is 0.289. The second kappa shape index (κ2) is 5.23. The van der Waals surface area contributed by atoms with Gasteiger partial charge in [-0.2, -0.15) is 0 Å². The van der Waals surface area contributed by atoms with Crippen LogP contribution in [0.4, 0.5) is 10.2 Å². The van der Waals surface area contributed by atoms with Crippen molar-refractivity contribution in [3.63, 3.8) is 0 Å². The number of aromatic nitrogens is 2. The standard InChI is InChI=1S/C12H18FN3/c1-2-10-11(13)12(16-8-15-10)14-7-9-5-3-4-6-9/h8-9H,2-7H2,1H3,(H,14,15,16). The fraction of sp³-hybridized carbons (Fsp3) is 0.667. The van der Waals surface area contributed by atoms with E-state index < -0.39 is 0 Å². The highest BCUT2D eigenvalue weighted by Crippen LogP contribution is 2.25. The van der Waals surface area contributed by atoms with Gasteiger partial charge in [0.1, 0.15) is 6.33 Å². The first-order valence-corrected chi connectivity index (χ1v) is 6.04. The maximum atomic E-state index is 13.8. The van der Waals surface area contributed by atoms with Crippen molar-refractivity contribution in [2.45, 2.75) is 39.0 Å². The second-order valence-corrected chi connectivity index (χ2v) is 4.37. The zero-order valence-corrected chi connectivity index (χ0v) is 9.67. The van der Waals surface area contributed by atoms with Gasteiger partial charge in [0.25, 0.3) is 0 Å². The topological polar surface area (TPSA) is 37.8 Å². The lowest BCUT2D eigenvalue weighted by molar-refractivity contribution is 0.565. The Kier molecular flexibility index (Phi) is 3.70. The summed E-state index contributed by atoms with van der Waals surface area (Å²) in [5, 5.41) is 3.10. The maximum absolute atomic E-state index is 13.8. The number of hydrogen-bond acceptors (Lipinski definition) is 3. The van der Waals surface area contributed by atoms with E-state index >= 15 is 0 Å². The van der Waals surface area contributed by atoms with Crippen LogP contribution in [0.25, 0.3) is 0 Å². The van der Waals surface area contributed by atoms with Gasteiger partial charge in [-0.3, -0.25) is 0 Å². The van der Waals surface area contributed by atoms with E-state index in [0.29, 0.717) is 23.9 Å². The second-order valence-electron chi connectivity index (χ2n) is 4.37. The number of nitrogens with zero attached hydrogens (tertiary/aromatic N) is 2.